The summed E-state index contributed by atoms with van der Waals surface area (Å²) in [5.41, 5.74) is 0. The maximum Gasteiger partial charge on any atom is 0.0438 e. The van der Waals surface area contributed by atoms with Crippen LogP contribution in [0.5, 0.6) is 0 Å². The fourth-order valence-corrected chi connectivity index (χ4v) is 3.74. The Morgan fingerprint density at radius 1 is 1.25 bits per heavy atom. The van der Waals surface area contributed by atoms with Crippen LogP contribution in [-0.4, -0.2) is 56.1 Å². The van der Waals surface area contributed by atoms with Crippen molar-refractivity contribution < 1.29 is 0 Å². The van der Waals surface area contributed by atoms with Crippen LogP contribution in [0, 0.1) is 5.92 Å². The number of hydrogen-bond donors (Lipinski definition) is 1. The van der Waals surface area contributed by atoms with E-state index < -0.39 is 0 Å². The first-order chi connectivity index (χ1) is 9.66. The molecule has 1 aliphatic heterocycles. The van der Waals surface area contributed by atoms with Crippen LogP contribution in [0.2, 0.25) is 0 Å². The highest BCUT2D eigenvalue weighted by atomic mass is 32.1. The van der Waals surface area contributed by atoms with Crippen LogP contribution in [-0.2, 0) is 0 Å². The summed E-state index contributed by atoms with van der Waals surface area (Å²) < 4.78 is 0. The summed E-state index contributed by atoms with van der Waals surface area (Å²) in [7, 11) is 2.22. The van der Waals surface area contributed by atoms with Gasteiger partial charge in [-0.3, -0.25) is 0 Å². The fraction of sp³-hybridized carbons (Fsp3) is 0.750. The zero-order chi connectivity index (χ0) is 14.4. The van der Waals surface area contributed by atoms with Crippen molar-refractivity contribution in [2.24, 2.45) is 5.92 Å². The van der Waals surface area contributed by atoms with Crippen LogP contribution < -0.4 is 5.32 Å². The molecule has 0 saturated carbocycles. The van der Waals surface area contributed by atoms with Crippen molar-refractivity contribution in [2.45, 2.75) is 26.3 Å². The lowest BCUT2D eigenvalue weighted by molar-refractivity contribution is 0.152. The predicted octanol–water partition coefficient (Wildman–Crippen LogP) is 2.67. The molecule has 1 fully saturated rings. The van der Waals surface area contributed by atoms with E-state index in [9.17, 15) is 0 Å². The largest absolute Gasteiger partial charge is 0.309 e. The van der Waals surface area contributed by atoms with Crippen LogP contribution in [0.3, 0.4) is 0 Å². The van der Waals surface area contributed by atoms with Crippen LogP contribution in [0.15, 0.2) is 17.5 Å². The van der Waals surface area contributed by atoms with Crippen molar-refractivity contribution in [1.29, 1.82) is 0 Å². The van der Waals surface area contributed by atoms with E-state index in [0.29, 0.717) is 12.0 Å². The molecule has 0 spiro atoms. The molecule has 4 heteroatoms. The van der Waals surface area contributed by atoms with Gasteiger partial charge in [-0.2, -0.15) is 0 Å². The molecule has 2 heterocycles. The van der Waals surface area contributed by atoms with Gasteiger partial charge in [0.1, 0.15) is 0 Å². The number of nitrogens with zero attached hydrogens (tertiary/aromatic N) is 2. The molecule has 1 aromatic rings. The molecule has 0 amide bonds. The Morgan fingerprint density at radius 2 is 2.00 bits per heavy atom. The van der Waals surface area contributed by atoms with E-state index in [-0.39, 0.29) is 0 Å². The third-order valence-electron chi connectivity index (χ3n) is 4.13. The summed E-state index contributed by atoms with van der Waals surface area (Å²) in [6, 6.07) is 4.92. The summed E-state index contributed by atoms with van der Waals surface area (Å²) in [6.07, 6.45) is 1.25. The third-order valence-corrected chi connectivity index (χ3v) is 5.08. The van der Waals surface area contributed by atoms with E-state index in [2.05, 4.69) is 53.5 Å². The summed E-state index contributed by atoms with van der Waals surface area (Å²) in [4.78, 5) is 6.48. The summed E-state index contributed by atoms with van der Waals surface area (Å²) in [5, 5.41) is 5.92. The Kier molecular flexibility index (Phi) is 6.49. The standard InChI is InChI=1S/C16H29N3S/c1-14(2)16(15-6-4-13-20-15)17-7-5-8-19-11-9-18(3)10-12-19/h4,6,13-14,16-17H,5,7-12H2,1-3H3. The second-order valence-electron chi connectivity index (χ2n) is 6.19. The monoisotopic (exact) mass is 295 g/mol. The molecular formula is C16H29N3S. The molecule has 3 nitrogen and oxygen atoms in total. The Balaban J connectivity index is 1.66. The molecule has 1 N–H and O–H groups in total. The number of rotatable bonds is 7. The average molecular weight is 295 g/mol. The van der Waals surface area contributed by atoms with Gasteiger partial charge in [-0.25, -0.2) is 0 Å². The van der Waals surface area contributed by atoms with E-state index in [1.165, 1.54) is 44.0 Å². The molecule has 1 aromatic heterocycles. The SMILES string of the molecule is CC(C)C(NCCCN1CCN(C)CC1)c1cccs1. The Bertz CT molecular complexity index is 356. The van der Waals surface area contributed by atoms with Crippen molar-refractivity contribution in [3.05, 3.63) is 22.4 Å². The summed E-state index contributed by atoms with van der Waals surface area (Å²) in [6.45, 7) is 11.9. The topological polar surface area (TPSA) is 18.5 Å². The van der Waals surface area contributed by atoms with Crippen molar-refractivity contribution in [1.82, 2.24) is 15.1 Å². The number of piperazine rings is 1. The minimum atomic E-state index is 0.516. The Morgan fingerprint density at radius 3 is 2.60 bits per heavy atom. The van der Waals surface area contributed by atoms with Crippen molar-refractivity contribution in [3.63, 3.8) is 0 Å². The summed E-state index contributed by atoms with van der Waals surface area (Å²) >= 11 is 1.87. The molecule has 0 radical (unpaired) electrons. The number of hydrogen-bond acceptors (Lipinski definition) is 4. The van der Waals surface area contributed by atoms with Crippen molar-refractivity contribution in [3.8, 4) is 0 Å². The van der Waals surface area contributed by atoms with Crippen LogP contribution in [0.1, 0.15) is 31.2 Å². The Labute approximate surface area is 128 Å². The van der Waals surface area contributed by atoms with Crippen LogP contribution >= 0.6 is 11.3 Å². The molecule has 2 rings (SSSR count). The average Bonchev–Trinajstić information content (AvgIpc) is 2.94. The lowest BCUT2D eigenvalue weighted by Gasteiger charge is -2.32. The molecular weight excluding hydrogens is 266 g/mol. The second kappa shape index (κ2) is 8.13. The van der Waals surface area contributed by atoms with Crippen molar-refractivity contribution >= 4 is 11.3 Å². The van der Waals surface area contributed by atoms with E-state index in [4.69, 9.17) is 0 Å². The number of thiophene rings is 1. The van der Waals surface area contributed by atoms with Gasteiger partial charge in [0, 0.05) is 37.1 Å². The first kappa shape index (κ1) is 16.0. The molecule has 0 aliphatic carbocycles. The Hall–Kier alpha value is -0.420. The predicted molar refractivity (Wildman–Crippen MR) is 88.5 cm³/mol. The van der Waals surface area contributed by atoms with Crippen LogP contribution in [0.25, 0.3) is 0 Å². The molecule has 0 aromatic carbocycles. The molecule has 1 aliphatic rings. The van der Waals surface area contributed by atoms with Gasteiger partial charge in [0.2, 0.25) is 0 Å². The van der Waals surface area contributed by atoms with E-state index in [1.807, 2.05) is 11.3 Å². The molecule has 20 heavy (non-hydrogen) atoms. The van der Waals surface area contributed by atoms with E-state index >= 15 is 0 Å². The first-order valence-corrected chi connectivity index (χ1v) is 8.72. The van der Waals surface area contributed by atoms with Gasteiger partial charge in [0.15, 0.2) is 0 Å². The van der Waals surface area contributed by atoms with Crippen LogP contribution in [0.4, 0.5) is 0 Å². The molecule has 1 saturated heterocycles. The zero-order valence-electron chi connectivity index (χ0n) is 13.1. The third kappa shape index (κ3) is 4.85. The smallest absolute Gasteiger partial charge is 0.0438 e. The van der Waals surface area contributed by atoms with Gasteiger partial charge in [0.25, 0.3) is 0 Å². The lowest BCUT2D eigenvalue weighted by Crippen LogP contribution is -2.45. The molecule has 114 valence electrons. The number of likely N-dealkylation sites (N-methyl/N-ethyl adjacent to an activating group) is 1. The van der Waals surface area contributed by atoms with Gasteiger partial charge in [-0.05, 0) is 43.9 Å². The summed E-state index contributed by atoms with van der Waals surface area (Å²) in [5.74, 6) is 0.650. The van der Waals surface area contributed by atoms with E-state index in [1.54, 1.807) is 0 Å². The maximum atomic E-state index is 3.74. The molecule has 1 unspecified atom stereocenters. The zero-order valence-corrected chi connectivity index (χ0v) is 14.0. The van der Waals surface area contributed by atoms with E-state index in [0.717, 1.165) is 6.54 Å². The first-order valence-electron chi connectivity index (χ1n) is 7.84. The minimum Gasteiger partial charge on any atom is -0.309 e. The molecule has 1 atom stereocenters. The highest BCUT2D eigenvalue weighted by molar-refractivity contribution is 7.10. The highest BCUT2D eigenvalue weighted by Gasteiger charge is 2.16. The maximum absolute atomic E-state index is 3.74. The van der Waals surface area contributed by atoms with Gasteiger partial charge >= 0.3 is 0 Å². The highest BCUT2D eigenvalue weighted by Crippen LogP contribution is 2.25. The van der Waals surface area contributed by atoms with Gasteiger partial charge in [-0.15, -0.1) is 11.3 Å². The lowest BCUT2D eigenvalue weighted by atomic mass is 10.0. The molecule has 0 bridgehead atoms. The van der Waals surface area contributed by atoms with Gasteiger partial charge < -0.3 is 15.1 Å². The van der Waals surface area contributed by atoms with Gasteiger partial charge in [0.05, 0.1) is 0 Å². The quantitative estimate of drug-likeness (QED) is 0.780. The number of nitrogens with one attached hydrogen (secondary N) is 1. The normalized spacial score (nSPS) is 19.6. The minimum absolute atomic E-state index is 0.516. The second-order valence-corrected chi connectivity index (χ2v) is 7.17. The van der Waals surface area contributed by atoms with Crippen molar-refractivity contribution in [2.75, 3.05) is 46.3 Å². The fourth-order valence-electron chi connectivity index (χ4n) is 2.76. The van der Waals surface area contributed by atoms with Gasteiger partial charge in [-0.1, -0.05) is 19.9 Å².